The zero-order chi connectivity index (χ0) is 11.3. The minimum absolute atomic E-state index is 0.137. The molecule has 1 N–H and O–H groups in total. The van der Waals surface area contributed by atoms with Crippen LogP contribution in [0.3, 0.4) is 0 Å². The highest BCUT2D eigenvalue weighted by Crippen LogP contribution is 2.19. The second-order valence-corrected chi connectivity index (χ2v) is 4.27. The van der Waals surface area contributed by atoms with Gasteiger partial charge in [0.25, 0.3) is 0 Å². The van der Waals surface area contributed by atoms with E-state index in [9.17, 15) is 4.79 Å². The van der Waals surface area contributed by atoms with Gasteiger partial charge in [0.15, 0.2) is 0 Å². The Balaban J connectivity index is 2.46. The second kappa shape index (κ2) is 6.08. The van der Waals surface area contributed by atoms with Crippen molar-refractivity contribution in [3.05, 3.63) is 0 Å². The van der Waals surface area contributed by atoms with E-state index in [4.69, 9.17) is 0 Å². The zero-order valence-electron chi connectivity index (χ0n) is 9.95. The average Bonchev–Trinajstić information content (AvgIpc) is 2.28. The molecular formula is C11H22N2O2. The Hall–Kier alpha value is -0.610. The molecule has 1 aliphatic heterocycles. The van der Waals surface area contributed by atoms with E-state index in [1.165, 1.54) is 20.0 Å². The van der Waals surface area contributed by atoms with E-state index in [2.05, 4.69) is 21.9 Å². The fourth-order valence-corrected chi connectivity index (χ4v) is 2.18. The lowest BCUT2D eigenvalue weighted by molar-refractivity contribution is -0.142. The lowest BCUT2D eigenvalue weighted by Gasteiger charge is -2.36. The minimum Gasteiger partial charge on any atom is -0.468 e. The van der Waals surface area contributed by atoms with Crippen LogP contribution in [-0.4, -0.2) is 50.7 Å². The number of methoxy groups -OCH3 is 1. The van der Waals surface area contributed by atoms with Crippen molar-refractivity contribution in [1.82, 2.24) is 10.2 Å². The topological polar surface area (TPSA) is 41.6 Å². The SMILES string of the molecule is CCC1CC(NC)CN(CC(=O)OC)C1. The number of likely N-dealkylation sites (N-methyl/N-ethyl adjacent to an activating group) is 1. The van der Waals surface area contributed by atoms with Crippen molar-refractivity contribution >= 4 is 5.97 Å². The Morgan fingerprint density at radius 3 is 2.80 bits per heavy atom. The van der Waals surface area contributed by atoms with Gasteiger partial charge >= 0.3 is 5.97 Å². The number of hydrogen-bond donors (Lipinski definition) is 1. The van der Waals surface area contributed by atoms with Crippen molar-refractivity contribution in [2.45, 2.75) is 25.8 Å². The van der Waals surface area contributed by atoms with Gasteiger partial charge in [-0.15, -0.1) is 0 Å². The molecule has 1 fully saturated rings. The van der Waals surface area contributed by atoms with Crippen molar-refractivity contribution in [2.24, 2.45) is 5.92 Å². The highest BCUT2D eigenvalue weighted by Gasteiger charge is 2.26. The molecule has 4 nitrogen and oxygen atoms in total. The molecule has 1 aliphatic rings. The van der Waals surface area contributed by atoms with Gasteiger partial charge in [0.1, 0.15) is 0 Å². The predicted molar refractivity (Wildman–Crippen MR) is 59.7 cm³/mol. The number of piperidine rings is 1. The molecule has 0 amide bonds. The van der Waals surface area contributed by atoms with Crippen molar-refractivity contribution < 1.29 is 9.53 Å². The molecule has 2 unspecified atom stereocenters. The van der Waals surface area contributed by atoms with Crippen LogP contribution in [0.15, 0.2) is 0 Å². The summed E-state index contributed by atoms with van der Waals surface area (Å²) in [4.78, 5) is 13.4. The molecular weight excluding hydrogens is 192 g/mol. The standard InChI is InChI=1S/C11H22N2O2/c1-4-9-5-10(12-2)7-13(6-9)8-11(14)15-3/h9-10,12H,4-8H2,1-3H3. The molecule has 15 heavy (non-hydrogen) atoms. The molecule has 0 radical (unpaired) electrons. The molecule has 1 saturated heterocycles. The highest BCUT2D eigenvalue weighted by atomic mass is 16.5. The number of carbonyl (C=O) groups is 1. The molecule has 1 rings (SSSR count). The summed E-state index contributed by atoms with van der Waals surface area (Å²) >= 11 is 0. The first-order valence-electron chi connectivity index (χ1n) is 5.66. The summed E-state index contributed by atoms with van der Waals surface area (Å²) < 4.78 is 4.69. The fourth-order valence-electron chi connectivity index (χ4n) is 2.18. The molecule has 0 aromatic carbocycles. The van der Waals surface area contributed by atoms with Gasteiger partial charge in [-0.3, -0.25) is 9.69 Å². The van der Waals surface area contributed by atoms with Gasteiger partial charge in [-0.25, -0.2) is 0 Å². The summed E-state index contributed by atoms with van der Waals surface area (Å²) in [6.07, 6.45) is 2.39. The van der Waals surface area contributed by atoms with Gasteiger partial charge in [0.05, 0.1) is 13.7 Å². The highest BCUT2D eigenvalue weighted by molar-refractivity contribution is 5.71. The number of ether oxygens (including phenoxy) is 1. The summed E-state index contributed by atoms with van der Waals surface area (Å²) in [7, 11) is 3.43. The Morgan fingerprint density at radius 2 is 2.27 bits per heavy atom. The summed E-state index contributed by atoms with van der Waals surface area (Å²) in [6.45, 7) is 4.59. The van der Waals surface area contributed by atoms with Crippen LogP contribution >= 0.6 is 0 Å². The third kappa shape index (κ3) is 3.80. The lowest BCUT2D eigenvalue weighted by Crippen LogP contribution is -2.49. The molecule has 0 aromatic rings. The maximum Gasteiger partial charge on any atom is 0.319 e. The predicted octanol–water partition coefficient (Wildman–Crippen LogP) is 0.479. The number of likely N-dealkylation sites (tertiary alicyclic amines) is 1. The van der Waals surface area contributed by atoms with Gasteiger partial charge in [-0.2, -0.15) is 0 Å². The van der Waals surface area contributed by atoms with Crippen LogP contribution in [0, 0.1) is 5.92 Å². The van der Waals surface area contributed by atoms with Crippen LogP contribution in [0.25, 0.3) is 0 Å². The van der Waals surface area contributed by atoms with Crippen molar-refractivity contribution in [3.8, 4) is 0 Å². The molecule has 1 heterocycles. The van der Waals surface area contributed by atoms with Crippen molar-refractivity contribution in [2.75, 3.05) is 33.8 Å². The minimum atomic E-state index is -0.137. The summed E-state index contributed by atoms with van der Waals surface area (Å²) in [5, 5.41) is 3.30. The van der Waals surface area contributed by atoms with Gasteiger partial charge in [0.2, 0.25) is 0 Å². The van der Waals surface area contributed by atoms with Crippen molar-refractivity contribution in [1.29, 1.82) is 0 Å². The fraction of sp³-hybridized carbons (Fsp3) is 0.909. The maximum absolute atomic E-state index is 11.2. The van der Waals surface area contributed by atoms with E-state index in [1.54, 1.807) is 0 Å². The molecule has 2 atom stereocenters. The number of nitrogens with one attached hydrogen (secondary N) is 1. The molecule has 88 valence electrons. The largest absolute Gasteiger partial charge is 0.468 e. The van der Waals surface area contributed by atoms with E-state index >= 15 is 0 Å². The van der Waals surface area contributed by atoms with Gasteiger partial charge in [-0.1, -0.05) is 13.3 Å². The van der Waals surface area contributed by atoms with E-state index in [-0.39, 0.29) is 5.97 Å². The maximum atomic E-state index is 11.2. The molecule has 0 spiro atoms. The number of carbonyl (C=O) groups excluding carboxylic acids is 1. The zero-order valence-corrected chi connectivity index (χ0v) is 9.95. The number of esters is 1. The van der Waals surface area contributed by atoms with E-state index in [1.807, 2.05) is 7.05 Å². The molecule has 0 saturated carbocycles. The molecule has 0 aliphatic carbocycles. The third-order valence-electron chi connectivity index (χ3n) is 3.18. The van der Waals surface area contributed by atoms with Crippen molar-refractivity contribution in [3.63, 3.8) is 0 Å². The number of hydrogen-bond acceptors (Lipinski definition) is 4. The summed E-state index contributed by atoms with van der Waals surface area (Å²) in [5.41, 5.74) is 0. The first-order chi connectivity index (χ1) is 7.19. The first-order valence-corrected chi connectivity index (χ1v) is 5.66. The van der Waals surface area contributed by atoms with E-state index < -0.39 is 0 Å². The molecule has 0 bridgehead atoms. The van der Waals surface area contributed by atoms with Gasteiger partial charge in [-0.05, 0) is 19.4 Å². The smallest absolute Gasteiger partial charge is 0.319 e. The Morgan fingerprint density at radius 1 is 1.53 bits per heavy atom. The van der Waals surface area contributed by atoms with Gasteiger partial charge < -0.3 is 10.1 Å². The summed E-state index contributed by atoms with van der Waals surface area (Å²) in [5.74, 6) is 0.558. The quantitative estimate of drug-likeness (QED) is 0.691. The van der Waals surface area contributed by atoms with E-state index in [0.717, 1.165) is 13.1 Å². The second-order valence-electron chi connectivity index (χ2n) is 4.27. The normalized spacial score (nSPS) is 27.7. The Bertz CT molecular complexity index is 197. The van der Waals surface area contributed by atoms with Crippen LogP contribution < -0.4 is 5.32 Å². The van der Waals surface area contributed by atoms with Crippen LogP contribution in [0.5, 0.6) is 0 Å². The van der Waals surface area contributed by atoms with Crippen LogP contribution in [0.1, 0.15) is 19.8 Å². The Kier molecular flexibility index (Phi) is 5.05. The molecule has 4 heteroatoms. The van der Waals surface area contributed by atoms with Gasteiger partial charge in [0, 0.05) is 19.1 Å². The van der Waals surface area contributed by atoms with Crippen LogP contribution in [0.4, 0.5) is 0 Å². The third-order valence-corrected chi connectivity index (χ3v) is 3.18. The monoisotopic (exact) mass is 214 g/mol. The Labute approximate surface area is 92.0 Å². The lowest BCUT2D eigenvalue weighted by atomic mass is 9.92. The number of nitrogens with zero attached hydrogens (tertiary/aromatic N) is 1. The first kappa shape index (κ1) is 12.5. The van der Waals surface area contributed by atoms with E-state index in [0.29, 0.717) is 18.5 Å². The van der Waals surface area contributed by atoms with Crippen LogP contribution in [-0.2, 0) is 9.53 Å². The molecule has 0 aromatic heterocycles. The summed E-state index contributed by atoms with van der Waals surface area (Å²) in [6, 6.07) is 0.508. The average molecular weight is 214 g/mol. The van der Waals surface area contributed by atoms with Crippen LogP contribution in [0.2, 0.25) is 0 Å². The number of rotatable bonds is 4.